The fourth-order valence-electron chi connectivity index (χ4n) is 1.34. The van der Waals surface area contributed by atoms with E-state index >= 15 is 0 Å². The van der Waals surface area contributed by atoms with E-state index in [-0.39, 0.29) is 17.3 Å². The molecule has 1 aromatic carbocycles. The summed E-state index contributed by atoms with van der Waals surface area (Å²) in [5.41, 5.74) is 0.147. The number of carbonyl (C=O) groups is 1. The monoisotopic (exact) mass is 271 g/mol. The van der Waals surface area contributed by atoms with Gasteiger partial charge < -0.3 is 4.74 Å². The zero-order valence-electron chi connectivity index (χ0n) is 10.6. The molecule has 0 aliphatic carbocycles. The van der Waals surface area contributed by atoms with E-state index in [0.717, 1.165) is 0 Å². The lowest BCUT2D eigenvalue weighted by atomic mass is 10.1. The molecule has 0 saturated heterocycles. The molecule has 18 heavy (non-hydrogen) atoms. The van der Waals surface area contributed by atoms with Gasteiger partial charge in [-0.15, -0.1) is 0 Å². The zero-order chi connectivity index (χ0) is 14.0. The first kappa shape index (κ1) is 14.7. The zero-order valence-corrected chi connectivity index (χ0v) is 11.5. The van der Waals surface area contributed by atoms with Gasteiger partial charge in [0.2, 0.25) is 10.0 Å². The molecule has 0 radical (unpaired) electrons. The van der Waals surface area contributed by atoms with Crippen molar-refractivity contribution in [3.63, 3.8) is 0 Å². The highest BCUT2D eigenvalue weighted by atomic mass is 32.2. The molecule has 0 aliphatic heterocycles. The van der Waals surface area contributed by atoms with Crippen LogP contribution in [0.25, 0.3) is 0 Å². The van der Waals surface area contributed by atoms with E-state index in [0.29, 0.717) is 5.56 Å². The van der Waals surface area contributed by atoms with E-state index in [4.69, 9.17) is 9.88 Å². The average molecular weight is 271 g/mol. The molecule has 0 heterocycles. The van der Waals surface area contributed by atoms with Crippen LogP contribution in [-0.4, -0.2) is 20.0 Å². The van der Waals surface area contributed by atoms with Crippen LogP contribution in [0.5, 0.6) is 0 Å². The van der Waals surface area contributed by atoms with Gasteiger partial charge in [-0.3, -0.25) is 4.79 Å². The molecule has 6 heteroatoms. The number of sulfonamides is 1. The number of rotatable bonds is 3. The third-order valence-electron chi connectivity index (χ3n) is 2.02. The van der Waals surface area contributed by atoms with E-state index < -0.39 is 15.6 Å². The Kier molecular flexibility index (Phi) is 4.13. The van der Waals surface area contributed by atoms with Crippen molar-refractivity contribution in [3.8, 4) is 0 Å². The maximum Gasteiger partial charge on any atom is 0.310 e. The van der Waals surface area contributed by atoms with Crippen molar-refractivity contribution in [1.82, 2.24) is 0 Å². The van der Waals surface area contributed by atoms with Gasteiger partial charge in [0.25, 0.3) is 0 Å². The summed E-state index contributed by atoms with van der Waals surface area (Å²) >= 11 is 0. The highest BCUT2D eigenvalue weighted by molar-refractivity contribution is 7.89. The fourth-order valence-corrected chi connectivity index (χ4v) is 1.86. The molecule has 0 unspecified atom stereocenters. The Morgan fingerprint density at radius 1 is 1.22 bits per heavy atom. The maximum absolute atomic E-state index is 11.5. The van der Waals surface area contributed by atoms with Gasteiger partial charge in [0.15, 0.2) is 0 Å². The summed E-state index contributed by atoms with van der Waals surface area (Å²) in [6.45, 7) is 5.36. The first-order valence-electron chi connectivity index (χ1n) is 5.41. The lowest BCUT2D eigenvalue weighted by Gasteiger charge is -2.19. The Bertz CT molecular complexity index is 526. The molecular weight excluding hydrogens is 254 g/mol. The van der Waals surface area contributed by atoms with E-state index in [1.807, 2.05) is 0 Å². The number of nitrogens with two attached hydrogens (primary N) is 1. The van der Waals surface area contributed by atoms with Gasteiger partial charge in [0.1, 0.15) is 5.60 Å². The van der Waals surface area contributed by atoms with Gasteiger partial charge in [0, 0.05) is 0 Å². The van der Waals surface area contributed by atoms with E-state index in [1.54, 1.807) is 32.9 Å². The Hall–Kier alpha value is -1.40. The molecule has 0 amide bonds. The molecular formula is C12H17NO4S. The Balaban J connectivity index is 2.73. The largest absolute Gasteiger partial charge is 0.460 e. The lowest BCUT2D eigenvalue weighted by molar-refractivity contribution is -0.153. The lowest BCUT2D eigenvalue weighted by Crippen LogP contribution is -2.24. The van der Waals surface area contributed by atoms with Gasteiger partial charge in [-0.2, -0.15) is 0 Å². The molecule has 0 bridgehead atoms. The summed E-state index contributed by atoms with van der Waals surface area (Å²) in [5.74, 6) is -0.356. The highest BCUT2D eigenvalue weighted by Gasteiger charge is 2.16. The van der Waals surface area contributed by atoms with Crippen LogP contribution in [0.3, 0.4) is 0 Å². The molecule has 0 spiro atoms. The summed E-state index contributed by atoms with van der Waals surface area (Å²) in [7, 11) is -3.69. The van der Waals surface area contributed by atoms with Gasteiger partial charge in [-0.25, -0.2) is 13.6 Å². The van der Waals surface area contributed by atoms with Gasteiger partial charge >= 0.3 is 5.97 Å². The second-order valence-electron chi connectivity index (χ2n) is 4.95. The molecule has 100 valence electrons. The summed E-state index contributed by atoms with van der Waals surface area (Å²) in [5, 5.41) is 4.97. The third-order valence-corrected chi connectivity index (χ3v) is 2.95. The SMILES string of the molecule is CC(C)(C)OC(=O)Cc1ccc(S(N)(=O)=O)cc1. The van der Waals surface area contributed by atoms with Crippen LogP contribution in [0.15, 0.2) is 29.2 Å². The Morgan fingerprint density at radius 2 is 1.72 bits per heavy atom. The van der Waals surface area contributed by atoms with Gasteiger partial charge in [-0.1, -0.05) is 12.1 Å². The molecule has 1 rings (SSSR count). The number of carbonyl (C=O) groups excluding carboxylic acids is 1. The average Bonchev–Trinajstić information content (AvgIpc) is 2.13. The molecule has 0 aliphatic rings. The number of primary sulfonamides is 1. The minimum atomic E-state index is -3.69. The summed E-state index contributed by atoms with van der Waals surface area (Å²) < 4.78 is 27.2. The predicted molar refractivity (Wildman–Crippen MR) is 67.4 cm³/mol. The van der Waals surface area contributed by atoms with Crippen LogP contribution >= 0.6 is 0 Å². The van der Waals surface area contributed by atoms with Crippen LogP contribution in [-0.2, 0) is 26.0 Å². The van der Waals surface area contributed by atoms with E-state index in [9.17, 15) is 13.2 Å². The molecule has 1 aromatic rings. The van der Waals surface area contributed by atoms with Crippen LogP contribution in [0.2, 0.25) is 0 Å². The molecule has 0 aromatic heterocycles. The third kappa shape index (κ3) is 4.85. The highest BCUT2D eigenvalue weighted by Crippen LogP contribution is 2.12. The quantitative estimate of drug-likeness (QED) is 0.837. The van der Waals surface area contributed by atoms with Crippen LogP contribution in [0.1, 0.15) is 26.3 Å². The topological polar surface area (TPSA) is 86.5 Å². The summed E-state index contributed by atoms with van der Waals surface area (Å²) in [4.78, 5) is 11.6. The molecule has 0 saturated carbocycles. The van der Waals surface area contributed by atoms with Crippen LogP contribution < -0.4 is 5.14 Å². The summed E-state index contributed by atoms with van der Waals surface area (Å²) in [6, 6.07) is 5.83. The maximum atomic E-state index is 11.5. The van der Waals surface area contributed by atoms with Gasteiger partial charge in [0.05, 0.1) is 11.3 Å². The number of ether oxygens (including phenoxy) is 1. The van der Waals surface area contributed by atoms with Crippen molar-refractivity contribution in [2.75, 3.05) is 0 Å². The molecule has 0 fully saturated rings. The van der Waals surface area contributed by atoms with E-state index in [2.05, 4.69) is 0 Å². The fraction of sp³-hybridized carbons (Fsp3) is 0.417. The first-order valence-corrected chi connectivity index (χ1v) is 6.96. The Labute approximate surface area is 107 Å². The smallest absolute Gasteiger partial charge is 0.310 e. The number of hydrogen-bond donors (Lipinski definition) is 1. The second kappa shape index (κ2) is 5.07. The van der Waals surface area contributed by atoms with Gasteiger partial charge in [-0.05, 0) is 38.5 Å². The Morgan fingerprint density at radius 3 is 2.11 bits per heavy atom. The van der Waals surface area contributed by atoms with Crippen molar-refractivity contribution in [3.05, 3.63) is 29.8 Å². The molecule has 2 N–H and O–H groups in total. The minimum absolute atomic E-state index is 0.0236. The normalized spacial score (nSPS) is 12.2. The van der Waals surface area contributed by atoms with E-state index in [1.165, 1.54) is 12.1 Å². The minimum Gasteiger partial charge on any atom is -0.460 e. The number of esters is 1. The van der Waals surface area contributed by atoms with Crippen molar-refractivity contribution < 1.29 is 17.9 Å². The first-order chi connectivity index (χ1) is 8.08. The van der Waals surface area contributed by atoms with Crippen molar-refractivity contribution in [1.29, 1.82) is 0 Å². The standard InChI is InChI=1S/C12H17NO4S/c1-12(2,3)17-11(14)8-9-4-6-10(7-5-9)18(13,15)16/h4-7H,8H2,1-3H3,(H2,13,15,16). The predicted octanol–water partition coefficient (Wildman–Crippen LogP) is 1.22. The molecule has 0 atom stereocenters. The van der Waals surface area contributed by atoms with Crippen LogP contribution in [0, 0.1) is 0 Å². The summed E-state index contributed by atoms with van der Waals surface area (Å²) in [6.07, 6.45) is 0.0994. The van der Waals surface area contributed by atoms with Crippen molar-refractivity contribution in [2.24, 2.45) is 5.14 Å². The number of benzene rings is 1. The second-order valence-corrected chi connectivity index (χ2v) is 6.51. The van der Waals surface area contributed by atoms with Crippen molar-refractivity contribution >= 4 is 16.0 Å². The van der Waals surface area contributed by atoms with Crippen molar-refractivity contribution in [2.45, 2.75) is 37.7 Å². The number of hydrogen-bond acceptors (Lipinski definition) is 4. The molecule has 5 nitrogen and oxygen atoms in total. The van der Waals surface area contributed by atoms with Crippen LogP contribution in [0.4, 0.5) is 0 Å².